The molecular weight excluding hydrogens is 275 g/mol. The summed E-state index contributed by atoms with van der Waals surface area (Å²) in [4.78, 5) is 12.3. The second kappa shape index (κ2) is 6.03. The summed E-state index contributed by atoms with van der Waals surface area (Å²) in [5, 5.41) is 3.37. The van der Waals surface area contributed by atoms with Crippen molar-refractivity contribution in [3.8, 4) is 0 Å². The fraction of sp³-hybridized carbons (Fsp3) is 0. The molecule has 0 fully saturated rings. The predicted molar refractivity (Wildman–Crippen MR) is 93.3 cm³/mol. The van der Waals surface area contributed by atoms with Gasteiger partial charge >= 0.3 is 125 Å². The van der Waals surface area contributed by atoms with Crippen LogP contribution in [0.1, 0.15) is 0 Å². The first kappa shape index (κ1) is 13.7. The van der Waals surface area contributed by atoms with Gasteiger partial charge in [-0.3, -0.25) is 0 Å². The molecule has 0 saturated carbocycles. The molecule has 0 aliphatic heterocycles. The Balaban J connectivity index is 2.31. The van der Waals surface area contributed by atoms with Crippen LogP contribution in [0.3, 0.4) is 0 Å². The molecular formula is C19H17OP. The van der Waals surface area contributed by atoms with Crippen LogP contribution in [0.15, 0.2) is 91.0 Å². The van der Waals surface area contributed by atoms with E-state index in [1.807, 2.05) is 54.6 Å². The molecule has 1 nitrogen and oxygen atoms in total. The van der Waals surface area contributed by atoms with Crippen molar-refractivity contribution < 1.29 is 4.79 Å². The van der Waals surface area contributed by atoms with Crippen molar-refractivity contribution in [2.75, 3.05) is 0 Å². The van der Waals surface area contributed by atoms with Gasteiger partial charge in [-0.05, 0) is 0 Å². The van der Waals surface area contributed by atoms with Crippen LogP contribution < -0.4 is 15.9 Å². The van der Waals surface area contributed by atoms with Crippen LogP contribution >= 0.6 is 7.26 Å². The Morgan fingerprint density at radius 1 is 0.524 bits per heavy atom. The number of benzene rings is 3. The van der Waals surface area contributed by atoms with E-state index >= 15 is 0 Å². The molecule has 0 heterocycles. The van der Waals surface area contributed by atoms with Crippen LogP contribution in [-0.4, -0.2) is 6.03 Å². The van der Waals surface area contributed by atoms with Crippen molar-refractivity contribution in [3.63, 3.8) is 0 Å². The van der Waals surface area contributed by atoms with Gasteiger partial charge in [-0.2, -0.15) is 0 Å². The molecule has 2 heteroatoms. The molecule has 0 aliphatic rings. The van der Waals surface area contributed by atoms with E-state index in [0.29, 0.717) is 0 Å². The van der Waals surface area contributed by atoms with Gasteiger partial charge in [0.15, 0.2) is 0 Å². The van der Waals surface area contributed by atoms with Gasteiger partial charge in [0.2, 0.25) is 0 Å². The summed E-state index contributed by atoms with van der Waals surface area (Å²) >= 11 is 0. The standard InChI is InChI=1S/C19H17OP/c20-16-21(17-10-4-1-5-11-17,18-12-6-2-7-13-18)19-14-8-3-9-15-19/h1-16,21H. The third-order valence-corrected chi connectivity index (χ3v) is 7.95. The Morgan fingerprint density at radius 3 is 1.05 bits per heavy atom. The third kappa shape index (κ3) is 2.41. The minimum absolute atomic E-state index is 1.12. The summed E-state index contributed by atoms with van der Waals surface area (Å²) in [5.41, 5.74) is 0. The van der Waals surface area contributed by atoms with Crippen LogP contribution in [0.25, 0.3) is 0 Å². The number of carbonyl (C=O) groups is 1. The first-order chi connectivity index (χ1) is 10.4. The SMILES string of the molecule is O=C[PH](c1ccccc1)(c1ccccc1)c1ccccc1. The molecule has 0 radical (unpaired) electrons. The summed E-state index contributed by atoms with van der Waals surface area (Å²) in [5.74, 6) is 0. The Labute approximate surface area is 125 Å². The van der Waals surface area contributed by atoms with E-state index in [4.69, 9.17) is 0 Å². The molecule has 3 aromatic carbocycles. The molecule has 21 heavy (non-hydrogen) atoms. The minimum atomic E-state index is -2.58. The van der Waals surface area contributed by atoms with Gasteiger partial charge in [-0.1, -0.05) is 0 Å². The number of hydrogen-bond acceptors (Lipinski definition) is 1. The van der Waals surface area contributed by atoms with E-state index in [2.05, 4.69) is 36.4 Å². The van der Waals surface area contributed by atoms with Crippen molar-refractivity contribution >= 4 is 29.2 Å². The zero-order chi connectivity index (χ0) is 14.5. The molecule has 3 rings (SSSR count). The normalized spacial score (nSPS) is 11.8. The summed E-state index contributed by atoms with van der Waals surface area (Å²) < 4.78 is 0. The van der Waals surface area contributed by atoms with E-state index in [1.165, 1.54) is 6.03 Å². The van der Waals surface area contributed by atoms with Gasteiger partial charge in [0.1, 0.15) is 0 Å². The zero-order valence-electron chi connectivity index (χ0n) is 11.6. The monoisotopic (exact) mass is 292 g/mol. The quantitative estimate of drug-likeness (QED) is 0.534. The van der Waals surface area contributed by atoms with Crippen LogP contribution in [0.2, 0.25) is 0 Å². The predicted octanol–water partition coefficient (Wildman–Crippen LogP) is 2.90. The number of hydrogen-bond donors (Lipinski definition) is 0. The van der Waals surface area contributed by atoms with E-state index in [0.717, 1.165) is 15.9 Å². The molecule has 0 spiro atoms. The first-order valence-electron chi connectivity index (χ1n) is 7.01. The van der Waals surface area contributed by atoms with Crippen molar-refractivity contribution in [2.45, 2.75) is 0 Å². The molecule has 3 aromatic rings. The van der Waals surface area contributed by atoms with E-state index in [1.54, 1.807) is 0 Å². The van der Waals surface area contributed by atoms with E-state index < -0.39 is 7.26 Å². The zero-order valence-corrected chi connectivity index (χ0v) is 12.6. The first-order valence-corrected chi connectivity index (χ1v) is 9.08. The molecule has 104 valence electrons. The second-order valence-electron chi connectivity index (χ2n) is 5.02. The van der Waals surface area contributed by atoms with Gasteiger partial charge in [0, 0.05) is 0 Å². The van der Waals surface area contributed by atoms with Crippen LogP contribution in [0.5, 0.6) is 0 Å². The average Bonchev–Trinajstić information content (AvgIpc) is 2.59. The fourth-order valence-electron chi connectivity index (χ4n) is 2.81. The molecule has 0 atom stereocenters. The topological polar surface area (TPSA) is 17.1 Å². The van der Waals surface area contributed by atoms with Crippen LogP contribution in [0, 0.1) is 0 Å². The van der Waals surface area contributed by atoms with Gasteiger partial charge in [0.05, 0.1) is 0 Å². The van der Waals surface area contributed by atoms with Gasteiger partial charge in [-0.15, -0.1) is 0 Å². The van der Waals surface area contributed by atoms with Gasteiger partial charge < -0.3 is 0 Å². The molecule has 0 saturated heterocycles. The van der Waals surface area contributed by atoms with Crippen molar-refractivity contribution in [2.24, 2.45) is 0 Å². The van der Waals surface area contributed by atoms with Gasteiger partial charge in [-0.25, -0.2) is 0 Å². The Morgan fingerprint density at radius 2 is 0.810 bits per heavy atom. The molecule has 0 amide bonds. The van der Waals surface area contributed by atoms with Crippen molar-refractivity contribution in [3.05, 3.63) is 91.0 Å². The maximum absolute atomic E-state index is 12.3. The fourth-order valence-corrected chi connectivity index (χ4v) is 6.37. The van der Waals surface area contributed by atoms with Gasteiger partial charge in [0.25, 0.3) is 0 Å². The van der Waals surface area contributed by atoms with E-state index in [9.17, 15) is 4.79 Å². The third-order valence-electron chi connectivity index (χ3n) is 3.86. The Bertz CT molecular complexity index is 612. The van der Waals surface area contributed by atoms with E-state index in [-0.39, 0.29) is 0 Å². The second-order valence-corrected chi connectivity index (χ2v) is 8.61. The Hall–Kier alpha value is -2.24. The molecule has 0 unspecified atom stereocenters. The summed E-state index contributed by atoms with van der Waals surface area (Å²) in [6.45, 7) is 0. The van der Waals surface area contributed by atoms with Crippen molar-refractivity contribution in [1.82, 2.24) is 0 Å². The maximum atomic E-state index is 12.3. The Kier molecular flexibility index (Phi) is 3.94. The van der Waals surface area contributed by atoms with Crippen LogP contribution in [-0.2, 0) is 4.79 Å². The van der Waals surface area contributed by atoms with Crippen molar-refractivity contribution in [1.29, 1.82) is 0 Å². The summed E-state index contributed by atoms with van der Waals surface area (Å²) in [6.07, 6.45) is 0. The average molecular weight is 292 g/mol. The number of carbonyl (C=O) groups excluding carboxylic acids is 1. The van der Waals surface area contributed by atoms with Crippen LogP contribution in [0.4, 0.5) is 0 Å². The number of rotatable bonds is 4. The molecule has 0 bridgehead atoms. The molecule has 0 N–H and O–H groups in total. The molecule has 0 aromatic heterocycles. The summed E-state index contributed by atoms with van der Waals surface area (Å²) in [7, 11) is -2.58. The molecule has 0 aliphatic carbocycles. The summed E-state index contributed by atoms with van der Waals surface area (Å²) in [6, 6.07) is 31.6.